The van der Waals surface area contributed by atoms with Gasteiger partial charge < -0.3 is 5.73 Å². The van der Waals surface area contributed by atoms with E-state index in [4.69, 9.17) is 22.6 Å². The molecule has 1 unspecified atom stereocenters. The molecule has 0 saturated heterocycles. The predicted molar refractivity (Wildman–Crippen MR) is 53.2 cm³/mol. The van der Waals surface area contributed by atoms with Crippen LogP contribution < -0.4 is 5.73 Å². The molecule has 0 aliphatic carbocycles. The van der Waals surface area contributed by atoms with E-state index in [1.54, 1.807) is 18.2 Å². The molecule has 2 N–H and O–H groups in total. The first-order valence-electron chi connectivity index (χ1n) is 4.08. The van der Waals surface area contributed by atoms with Gasteiger partial charge in [0, 0.05) is 5.02 Å². The Morgan fingerprint density at radius 2 is 2.31 bits per heavy atom. The van der Waals surface area contributed by atoms with E-state index in [1.807, 2.05) is 13.0 Å². The third-order valence-electron chi connectivity index (χ3n) is 2.10. The molecule has 13 heavy (non-hydrogen) atoms. The van der Waals surface area contributed by atoms with E-state index in [1.165, 1.54) is 0 Å². The van der Waals surface area contributed by atoms with Crippen molar-refractivity contribution in [2.24, 2.45) is 5.73 Å². The lowest BCUT2D eigenvalue weighted by atomic mass is 9.90. The highest BCUT2D eigenvalue weighted by molar-refractivity contribution is 6.30. The summed E-state index contributed by atoms with van der Waals surface area (Å²) >= 11 is 5.80. The van der Waals surface area contributed by atoms with Crippen LogP contribution in [-0.2, 0) is 5.54 Å². The minimum absolute atomic E-state index is 0.573. The summed E-state index contributed by atoms with van der Waals surface area (Å²) < 4.78 is 0. The summed E-state index contributed by atoms with van der Waals surface area (Å²) in [5, 5.41) is 9.52. The first-order valence-corrected chi connectivity index (χ1v) is 4.46. The summed E-state index contributed by atoms with van der Waals surface area (Å²) in [7, 11) is 0. The fourth-order valence-electron chi connectivity index (χ4n) is 1.11. The average molecular weight is 195 g/mol. The van der Waals surface area contributed by atoms with Crippen molar-refractivity contribution in [3.63, 3.8) is 0 Å². The van der Waals surface area contributed by atoms with Crippen molar-refractivity contribution in [1.29, 1.82) is 5.26 Å². The standard InChI is InChI=1S/C10H11ClN2/c1-2-10(13,7-12)8-4-3-5-9(11)6-8/h3-6H,2,13H2,1H3. The average Bonchev–Trinajstić information content (AvgIpc) is 2.17. The van der Waals surface area contributed by atoms with Crippen molar-refractivity contribution in [3.8, 4) is 6.07 Å². The van der Waals surface area contributed by atoms with Gasteiger partial charge in [0.05, 0.1) is 6.07 Å². The Hall–Kier alpha value is -1.04. The van der Waals surface area contributed by atoms with E-state index in [0.29, 0.717) is 11.4 Å². The monoisotopic (exact) mass is 194 g/mol. The molecule has 0 spiro atoms. The number of hydrogen-bond acceptors (Lipinski definition) is 2. The SMILES string of the molecule is CCC(N)(C#N)c1cccc(Cl)c1. The Morgan fingerprint density at radius 1 is 1.62 bits per heavy atom. The van der Waals surface area contributed by atoms with Gasteiger partial charge in [-0.15, -0.1) is 0 Å². The lowest BCUT2D eigenvalue weighted by Crippen LogP contribution is -2.33. The van der Waals surface area contributed by atoms with Gasteiger partial charge in [0.25, 0.3) is 0 Å². The van der Waals surface area contributed by atoms with Crippen molar-refractivity contribution in [2.45, 2.75) is 18.9 Å². The second-order valence-electron chi connectivity index (χ2n) is 2.95. The number of nitrogens with zero attached hydrogens (tertiary/aromatic N) is 1. The maximum Gasteiger partial charge on any atom is 0.129 e. The summed E-state index contributed by atoms with van der Waals surface area (Å²) in [5.41, 5.74) is 5.72. The van der Waals surface area contributed by atoms with Crippen molar-refractivity contribution in [3.05, 3.63) is 34.9 Å². The number of nitriles is 1. The molecule has 0 aromatic heterocycles. The summed E-state index contributed by atoms with van der Waals surface area (Å²) in [4.78, 5) is 0. The second-order valence-corrected chi connectivity index (χ2v) is 3.38. The van der Waals surface area contributed by atoms with Gasteiger partial charge in [-0.05, 0) is 24.1 Å². The van der Waals surface area contributed by atoms with Crippen LogP contribution in [0, 0.1) is 11.3 Å². The summed E-state index contributed by atoms with van der Waals surface area (Å²) in [6, 6.07) is 9.20. The minimum atomic E-state index is -0.912. The molecule has 0 bridgehead atoms. The van der Waals surface area contributed by atoms with Crippen LogP contribution in [0.25, 0.3) is 0 Å². The predicted octanol–water partition coefficient (Wildman–Crippen LogP) is 2.43. The fraction of sp³-hybridized carbons (Fsp3) is 0.300. The van der Waals surface area contributed by atoms with Gasteiger partial charge in [-0.25, -0.2) is 0 Å². The molecule has 0 radical (unpaired) electrons. The third kappa shape index (κ3) is 2.00. The van der Waals surface area contributed by atoms with Crippen LogP contribution in [0.1, 0.15) is 18.9 Å². The van der Waals surface area contributed by atoms with Crippen LogP contribution in [0.4, 0.5) is 0 Å². The fourth-order valence-corrected chi connectivity index (χ4v) is 1.30. The zero-order chi connectivity index (χ0) is 9.90. The van der Waals surface area contributed by atoms with Crippen LogP contribution in [0.3, 0.4) is 0 Å². The molecule has 0 aliphatic heterocycles. The highest BCUT2D eigenvalue weighted by atomic mass is 35.5. The number of rotatable bonds is 2. The van der Waals surface area contributed by atoms with Gasteiger partial charge in [0.2, 0.25) is 0 Å². The molecule has 1 aromatic rings. The van der Waals surface area contributed by atoms with E-state index >= 15 is 0 Å². The molecule has 0 fully saturated rings. The van der Waals surface area contributed by atoms with Gasteiger partial charge in [0.15, 0.2) is 0 Å². The molecule has 1 rings (SSSR count). The highest BCUT2D eigenvalue weighted by Crippen LogP contribution is 2.23. The highest BCUT2D eigenvalue weighted by Gasteiger charge is 2.24. The van der Waals surface area contributed by atoms with Crippen molar-refractivity contribution < 1.29 is 0 Å². The molecule has 0 saturated carbocycles. The maximum absolute atomic E-state index is 8.91. The van der Waals surface area contributed by atoms with Crippen LogP contribution >= 0.6 is 11.6 Å². The molecule has 3 heteroatoms. The molecule has 68 valence electrons. The van der Waals surface area contributed by atoms with Gasteiger partial charge in [-0.3, -0.25) is 0 Å². The Labute approximate surface area is 82.9 Å². The lowest BCUT2D eigenvalue weighted by Gasteiger charge is -2.19. The zero-order valence-electron chi connectivity index (χ0n) is 7.42. The Morgan fingerprint density at radius 3 is 2.77 bits per heavy atom. The second kappa shape index (κ2) is 3.78. The van der Waals surface area contributed by atoms with Crippen molar-refractivity contribution in [2.75, 3.05) is 0 Å². The van der Waals surface area contributed by atoms with Gasteiger partial charge in [-0.2, -0.15) is 5.26 Å². The quantitative estimate of drug-likeness (QED) is 0.786. The third-order valence-corrected chi connectivity index (χ3v) is 2.33. The molecular formula is C10H11ClN2. The Kier molecular flexibility index (Phi) is 2.92. The molecule has 1 aromatic carbocycles. The van der Waals surface area contributed by atoms with Crippen LogP contribution in [0.15, 0.2) is 24.3 Å². The number of hydrogen-bond donors (Lipinski definition) is 1. The Balaban J connectivity index is 3.14. The van der Waals surface area contributed by atoms with Crippen LogP contribution in [-0.4, -0.2) is 0 Å². The molecule has 0 heterocycles. The summed E-state index contributed by atoms with van der Waals surface area (Å²) in [6.45, 7) is 1.88. The lowest BCUT2D eigenvalue weighted by molar-refractivity contribution is 0.555. The zero-order valence-corrected chi connectivity index (χ0v) is 8.17. The first kappa shape index (κ1) is 10.0. The first-order chi connectivity index (χ1) is 6.12. The Bertz CT molecular complexity index is 343. The smallest absolute Gasteiger partial charge is 0.129 e. The van der Waals surface area contributed by atoms with E-state index in [2.05, 4.69) is 6.07 Å². The maximum atomic E-state index is 8.91. The summed E-state index contributed by atoms with van der Waals surface area (Å²) in [5.74, 6) is 0. The molecule has 0 amide bonds. The molecular weight excluding hydrogens is 184 g/mol. The molecule has 1 atom stereocenters. The number of nitrogens with two attached hydrogens (primary N) is 1. The van der Waals surface area contributed by atoms with E-state index in [-0.39, 0.29) is 0 Å². The van der Waals surface area contributed by atoms with Crippen LogP contribution in [0.5, 0.6) is 0 Å². The van der Waals surface area contributed by atoms with E-state index in [9.17, 15) is 0 Å². The van der Waals surface area contributed by atoms with E-state index < -0.39 is 5.54 Å². The van der Waals surface area contributed by atoms with Crippen LogP contribution in [0.2, 0.25) is 5.02 Å². The van der Waals surface area contributed by atoms with Gasteiger partial charge in [0.1, 0.15) is 5.54 Å². The normalized spacial score (nSPS) is 14.6. The van der Waals surface area contributed by atoms with Gasteiger partial charge in [-0.1, -0.05) is 30.7 Å². The number of halogens is 1. The minimum Gasteiger partial charge on any atom is -0.310 e. The number of benzene rings is 1. The largest absolute Gasteiger partial charge is 0.310 e. The topological polar surface area (TPSA) is 49.8 Å². The van der Waals surface area contributed by atoms with E-state index in [0.717, 1.165) is 5.56 Å². The van der Waals surface area contributed by atoms with Crippen molar-refractivity contribution in [1.82, 2.24) is 0 Å². The molecule has 0 aliphatic rings. The molecule has 2 nitrogen and oxygen atoms in total. The van der Waals surface area contributed by atoms with Crippen molar-refractivity contribution >= 4 is 11.6 Å². The summed E-state index contributed by atoms with van der Waals surface area (Å²) in [6.07, 6.45) is 0.573. The van der Waals surface area contributed by atoms with Gasteiger partial charge >= 0.3 is 0 Å².